The van der Waals surface area contributed by atoms with Gasteiger partial charge in [-0.2, -0.15) is 0 Å². The topological polar surface area (TPSA) is 28.2 Å². The zero-order chi connectivity index (χ0) is 13.8. The second-order valence-corrected chi connectivity index (χ2v) is 6.47. The third-order valence-corrected chi connectivity index (χ3v) is 5.01. The van der Waals surface area contributed by atoms with Crippen LogP contribution in [-0.4, -0.2) is 36.1 Å². The third kappa shape index (κ3) is 3.58. The van der Waals surface area contributed by atoms with Gasteiger partial charge < -0.3 is 5.32 Å². The van der Waals surface area contributed by atoms with E-state index < -0.39 is 0 Å². The molecule has 3 rings (SSSR count). The molecule has 3 heteroatoms. The first-order valence-electron chi connectivity index (χ1n) is 8.17. The average Bonchev–Trinajstić information content (AvgIpc) is 2.49. The van der Waals surface area contributed by atoms with Gasteiger partial charge in [-0.15, -0.1) is 0 Å². The summed E-state index contributed by atoms with van der Waals surface area (Å²) in [7, 11) is 0. The van der Waals surface area contributed by atoms with E-state index in [-0.39, 0.29) is 0 Å². The molecule has 0 saturated carbocycles. The summed E-state index contributed by atoms with van der Waals surface area (Å²) in [6, 6.07) is 6.36. The summed E-state index contributed by atoms with van der Waals surface area (Å²) >= 11 is 0. The second kappa shape index (κ2) is 6.68. The van der Waals surface area contributed by atoms with Crippen molar-refractivity contribution in [2.24, 2.45) is 11.8 Å². The summed E-state index contributed by atoms with van der Waals surface area (Å²) in [6.45, 7) is 8.08. The van der Waals surface area contributed by atoms with Crippen LogP contribution in [0, 0.1) is 18.8 Å². The van der Waals surface area contributed by atoms with Crippen molar-refractivity contribution in [1.82, 2.24) is 15.2 Å². The van der Waals surface area contributed by atoms with Crippen molar-refractivity contribution in [2.45, 2.75) is 39.2 Å². The quantitative estimate of drug-likeness (QED) is 0.917. The molecule has 0 amide bonds. The number of aromatic nitrogens is 1. The Kier molecular flexibility index (Phi) is 4.69. The Labute approximate surface area is 122 Å². The second-order valence-electron chi connectivity index (χ2n) is 6.47. The monoisotopic (exact) mass is 273 g/mol. The van der Waals surface area contributed by atoms with Crippen LogP contribution in [0.2, 0.25) is 0 Å². The van der Waals surface area contributed by atoms with Gasteiger partial charge in [0.1, 0.15) is 0 Å². The Balaban J connectivity index is 1.48. The summed E-state index contributed by atoms with van der Waals surface area (Å²) in [5.74, 6) is 1.95. The number of rotatable bonds is 3. The van der Waals surface area contributed by atoms with E-state index in [1.54, 1.807) is 0 Å². The highest BCUT2D eigenvalue weighted by atomic mass is 15.1. The zero-order valence-electron chi connectivity index (χ0n) is 12.6. The molecule has 0 unspecified atom stereocenters. The standard InChI is InChI=1S/C17H27N3/c1-14-3-2-4-17(19-14)13-20-11-7-16(8-12-20)15-5-9-18-10-6-15/h2-4,15-16,18H,5-13H2,1H3. The van der Waals surface area contributed by atoms with Gasteiger partial charge in [0.2, 0.25) is 0 Å². The lowest BCUT2D eigenvalue weighted by Crippen LogP contribution is -2.39. The molecule has 2 saturated heterocycles. The molecule has 0 aromatic carbocycles. The van der Waals surface area contributed by atoms with Gasteiger partial charge in [0.25, 0.3) is 0 Å². The maximum atomic E-state index is 4.63. The maximum absolute atomic E-state index is 4.63. The summed E-state index contributed by atoms with van der Waals surface area (Å²) in [5, 5.41) is 3.48. The summed E-state index contributed by atoms with van der Waals surface area (Å²) in [5.41, 5.74) is 2.36. The van der Waals surface area contributed by atoms with Gasteiger partial charge in [-0.05, 0) is 82.8 Å². The first kappa shape index (κ1) is 14.0. The van der Waals surface area contributed by atoms with Crippen molar-refractivity contribution in [3.05, 3.63) is 29.6 Å². The van der Waals surface area contributed by atoms with Crippen LogP contribution in [0.25, 0.3) is 0 Å². The van der Waals surface area contributed by atoms with Crippen LogP contribution < -0.4 is 5.32 Å². The number of nitrogens with one attached hydrogen (secondary N) is 1. The lowest BCUT2D eigenvalue weighted by Gasteiger charge is -2.37. The smallest absolute Gasteiger partial charge is 0.0547 e. The van der Waals surface area contributed by atoms with Crippen LogP contribution in [0.5, 0.6) is 0 Å². The molecule has 2 fully saturated rings. The van der Waals surface area contributed by atoms with E-state index in [1.165, 1.54) is 57.6 Å². The highest BCUT2D eigenvalue weighted by Gasteiger charge is 2.27. The maximum Gasteiger partial charge on any atom is 0.0547 e. The van der Waals surface area contributed by atoms with E-state index in [9.17, 15) is 0 Å². The van der Waals surface area contributed by atoms with Crippen LogP contribution in [0.15, 0.2) is 18.2 Å². The molecule has 0 atom stereocenters. The summed E-state index contributed by atoms with van der Waals surface area (Å²) < 4.78 is 0. The SMILES string of the molecule is Cc1cccc(CN2CCC(C3CCNCC3)CC2)n1. The van der Waals surface area contributed by atoms with Crippen LogP contribution in [0.1, 0.15) is 37.1 Å². The van der Waals surface area contributed by atoms with Gasteiger partial charge in [0.15, 0.2) is 0 Å². The molecule has 1 aromatic rings. The number of pyridine rings is 1. The van der Waals surface area contributed by atoms with Crippen LogP contribution >= 0.6 is 0 Å². The van der Waals surface area contributed by atoms with E-state index in [4.69, 9.17) is 0 Å². The fourth-order valence-corrected chi connectivity index (χ4v) is 3.81. The Morgan fingerprint density at radius 2 is 1.80 bits per heavy atom. The predicted molar refractivity (Wildman–Crippen MR) is 82.6 cm³/mol. The number of piperidine rings is 2. The van der Waals surface area contributed by atoms with Gasteiger partial charge in [-0.25, -0.2) is 0 Å². The van der Waals surface area contributed by atoms with Crippen LogP contribution in [0.4, 0.5) is 0 Å². The minimum atomic E-state index is 0.971. The lowest BCUT2D eigenvalue weighted by molar-refractivity contribution is 0.125. The highest BCUT2D eigenvalue weighted by molar-refractivity contribution is 5.09. The molecule has 0 aliphatic carbocycles. The molecule has 2 aliphatic rings. The van der Waals surface area contributed by atoms with Crippen molar-refractivity contribution in [3.8, 4) is 0 Å². The molecule has 0 radical (unpaired) electrons. The molecule has 3 nitrogen and oxygen atoms in total. The van der Waals surface area contributed by atoms with E-state index in [0.717, 1.165) is 24.1 Å². The van der Waals surface area contributed by atoms with E-state index >= 15 is 0 Å². The van der Waals surface area contributed by atoms with Crippen molar-refractivity contribution in [2.75, 3.05) is 26.2 Å². The molecular weight excluding hydrogens is 246 g/mol. The average molecular weight is 273 g/mol. The van der Waals surface area contributed by atoms with Crippen LogP contribution in [0.3, 0.4) is 0 Å². The van der Waals surface area contributed by atoms with Gasteiger partial charge in [0, 0.05) is 12.2 Å². The number of hydrogen-bond acceptors (Lipinski definition) is 3. The Morgan fingerprint density at radius 3 is 2.50 bits per heavy atom. The molecule has 2 aliphatic heterocycles. The van der Waals surface area contributed by atoms with E-state index in [2.05, 4.69) is 40.3 Å². The van der Waals surface area contributed by atoms with Gasteiger partial charge in [0.05, 0.1) is 5.69 Å². The molecular formula is C17H27N3. The minimum absolute atomic E-state index is 0.971. The minimum Gasteiger partial charge on any atom is -0.317 e. The number of nitrogens with zero attached hydrogens (tertiary/aromatic N) is 2. The predicted octanol–water partition coefficient (Wildman–Crippen LogP) is 2.60. The molecule has 110 valence electrons. The number of aryl methyl sites for hydroxylation is 1. The molecule has 1 aromatic heterocycles. The fraction of sp³-hybridized carbons (Fsp3) is 0.706. The van der Waals surface area contributed by atoms with Crippen molar-refractivity contribution < 1.29 is 0 Å². The van der Waals surface area contributed by atoms with Gasteiger partial charge in [-0.3, -0.25) is 9.88 Å². The molecule has 1 N–H and O–H groups in total. The molecule has 3 heterocycles. The Morgan fingerprint density at radius 1 is 1.10 bits per heavy atom. The van der Waals surface area contributed by atoms with Gasteiger partial charge in [-0.1, -0.05) is 6.07 Å². The lowest BCUT2D eigenvalue weighted by atomic mass is 9.79. The molecule has 0 bridgehead atoms. The summed E-state index contributed by atoms with van der Waals surface area (Å²) in [6.07, 6.45) is 5.56. The third-order valence-electron chi connectivity index (χ3n) is 5.01. The normalized spacial score (nSPS) is 23.1. The number of hydrogen-bond donors (Lipinski definition) is 1. The summed E-state index contributed by atoms with van der Waals surface area (Å²) in [4.78, 5) is 7.21. The van der Waals surface area contributed by atoms with E-state index in [0.29, 0.717) is 0 Å². The Bertz CT molecular complexity index is 418. The molecule has 20 heavy (non-hydrogen) atoms. The first-order chi connectivity index (χ1) is 9.81. The van der Waals surface area contributed by atoms with Crippen molar-refractivity contribution in [1.29, 1.82) is 0 Å². The highest BCUT2D eigenvalue weighted by Crippen LogP contribution is 2.31. The van der Waals surface area contributed by atoms with Crippen LogP contribution in [-0.2, 0) is 6.54 Å². The molecule has 0 spiro atoms. The number of likely N-dealkylation sites (tertiary alicyclic amines) is 1. The van der Waals surface area contributed by atoms with Crippen molar-refractivity contribution in [3.63, 3.8) is 0 Å². The Hall–Kier alpha value is -0.930. The van der Waals surface area contributed by atoms with Crippen molar-refractivity contribution >= 4 is 0 Å². The zero-order valence-corrected chi connectivity index (χ0v) is 12.6. The fourth-order valence-electron chi connectivity index (χ4n) is 3.81. The largest absolute Gasteiger partial charge is 0.317 e. The first-order valence-corrected chi connectivity index (χ1v) is 8.17. The van der Waals surface area contributed by atoms with E-state index in [1.807, 2.05) is 0 Å². The van der Waals surface area contributed by atoms with Gasteiger partial charge >= 0.3 is 0 Å².